The van der Waals surface area contributed by atoms with Crippen molar-refractivity contribution in [3.63, 3.8) is 0 Å². The molecule has 3 aromatic rings. The van der Waals surface area contributed by atoms with E-state index < -0.39 is 0 Å². The average molecular weight is 397 g/mol. The number of carbonyl (C=O) groups is 1. The van der Waals surface area contributed by atoms with Crippen molar-refractivity contribution in [2.45, 2.75) is 25.6 Å². The number of carbonyl (C=O) groups excluding carboxylic acids is 1. The number of likely N-dealkylation sites (tertiary alicyclic amines) is 1. The normalized spacial score (nSPS) is 15.0. The fraction of sp³-hybridized carbons (Fsp3) is 0.273. The van der Waals surface area contributed by atoms with Gasteiger partial charge in [0.2, 0.25) is 0 Å². The zero-order valence-electron chi connectivity index (χ0n) is 15.4. The van der Waals surface area contributed by atoms with Crippen molar-refractivity contribution < 1.29 is 14.1 Å². The Balaban J connectivity index is 1.32. The van der Waals surface area contributed by atoms with Gasteiger partial charge in [0, 0.05) is 29.7 Å². The van der Waals surface area contributed by atoms with Crippen molar-refractivity contribution in [2.24, 2.45) is 0 Å². The maximum absolute atomic E-state index is 12.7. The minimum Gasteiger partial charge on any atom is -0.373 e. The molecule has 0 radical (unpaired) electrons. The van der Waals surface area contributed by atoms with Crippen LogP contribution < -0.4 is 0 Å². The van der Waals surface area contributed by atoms with E-state index in [9.17, 15) is 4.79 Å². The van der Waals surface area contributed by atoms with E-state index in [1.807, 2.05) is 35.2 Å². The van der Waals surface area contributed by atoms with Crippen LogP contribution in [0.5, 0.6) is 0 Å². The number of rotatable bonds is 5. The SMILES string of the molecule is O=C(c1cc(-c2cccc(Cl)c2)on1)N1CCC(OCc2ccccc2)CC1. The van der Waals surface area contributed by atoms with Crippen LogP contribution >= 0.6 is 11.6 Å². The van der Waals surface area contributed by atoms with Crippen molar-refractivity contribution in [1.82, 2.24) is 10.1 Å². The molecule has 0 bridgehead atoms. The second-order valence-corrected chi connectivity index (χ2v) is 7.31. The van der Waals surface area contributed by atoms with Crippen LogP contribution in [0.4, 0.5) is 0 Å². The van der Waals surface area contributed by atoms with E-state index in [0.29, 0.717) is 36.2 Å². The fourth-order valence-electron chi connectivity index (χ4n) is 3.33. The topological polar surface area (TPSA) is 55.6 Å². The molecule has 0 atom stereocenters. The molecule has 1 fully saturated rings. The van der Waals surface area contributed by atoms with E-state index in [4.69, 9.17) is 20.9 Å². The first-order valence-corrected chi connectivity index (χ1v) is 9.74. The second-order valence-electron chi connectivity index (χ2n) is 6.87. The van der Waals surface area contributed by atoms with Crippen molar-refractivity contribution in [3.8, 4) is 11.3 Å². The highest BCUT2D eigenvalue weighted by Crippen LogP contribution is 2.24. The number of halogens is 1. The number of benzene rings is 2. The molecule has 5 nitrogen and oxygen atoms in total. The molecule has 144 valence electrons. The molecule has 0 N–H and O–H groups in total. The van der Waals surface area contributed by atoms with Gasteiger partial charge in [0.15, 0.2) is 11.5 Å². The van der Waals surface area contributed by atoms with E-state index >= 15 is 0 Å². The van der Waals surface area contributed by atoms with Crippen molar-refractivity contribution in [1.29, 1.82) is 0 Å². The lowest BCUT2D eigenvalue weighted by Crippen LogP contribution is -2.41. The van der Waals surface area contributed by atoms with Gasteiger partial charge in [-0.3, -0.25) is 4.79 Å². The van der Waals surface area contributed by atoms with Gasteiger partial charge < -0.3 is 14.2 Å². The van der Waals surface area contributed by atoms with Crippen LogP contribution in [0.25, 0.3) is 11.3 Å². The monoisotopic (exact) mass is 396 g/mol. The summed E-state index contributed by atoms with van der Waals surface area (Å²) in [4.78, 5) is 14.5. The number of piperidine rings is 1. The van der Waals surface area contributed by atoms with E-state index in [-0.39, 0.29) is 12.0 Å². The summed E-state index contributed by atoms with van der Waals surface area (Å²) in [5, 5.41) is 4.56. The van der Waals surface area contributed by atoms with Crippen molar-refractivity contribution >= 4 is 17.5 Å². The molecule has 4 rings (SSSR count). The highest BCUT2D eigenvalue weighted by molar-refractivity contribution is 6.30. The first kappa shape index (κ1) is 18.7. The third-order valence-corrected chi connectivity index (χ3v) is 5.13. The van der Waals surface area contributed by atoms with Gasteiger partial charge in [0.25, 0.3) is 5.91 Å². The molecule has 1 saturated heterocycles. The zero-order valence-corrected chi connectivity index (χ0v) is 16.1. The summed E-state index contributed by atoms with van der Waals surface area (Å²) < 4.78 is 11.3. The third-order valence-electron chi connectivity index (χ3n) is 4.90. The summed E-state index contributed by atoms with van der Waals surface area (Å²) in [6.45, 7) is 1.90. The van der Waals surface area contributed by atoms with Gasteiger partial charge in [-0.2, -0.15) is 0 Å². The molecule has 1 amide bonds. The van der Waals surface area contributed by atoms with Crippen LogP contribution in [0.1, 0.15) is 28.9 Å². The highest BCUT2D eigenvalue weighted by atomic mass is 35.5. The van der Waals surface area contributed by atoms with Crippen LogP contribution in [0.2, 0.25) is 5.02 Å². The van der Waals surface area contributed by atoms with Crippen LogP contribution in [-0.2, 0) is 11.3 Å². The van der Waals surface area contributed by atoms with E-state index in [2.05, 4.69) is 17.3 Å². The summed E-state index contributed by atoms with van der Waals surface area (Å²) in [6, 6.07) is 19.1. The van der Waals surface area contributed by atoms with Gasteiger partial charge in [-0.25, -0.2) is 0 Å². The lowest BCUT2D eigenvalue weighted by Gasteiger charge is -2.31. The van der Waals surface area contributed by atoms with Crippen molar-refractivity contribution in [2.75, 3.05) is 13.1 Å². The van der Waals surface area contributed by atoms with Gasteiger partial charge in [-0.05, 0) is 30.5 Å². The molecule has 0 saturated carbocycles. The first-order chi connectivity index (χ1) is 13.7. The number of aromatic nitrogens is 1. The smallest absolute Gasteiger partial charge is 0.276 e. The van der Waals surface area contributed by atoms with Crippen LogP contribution in [-0.4, -0.2) is 35.2 Å². The Bertz CT molecular complexity index is 934. The van der Waals surface area contributed by atoms with Crippen molar-refractivity contribution in [3.05, 3.63) is 76.9 Å². The van der Waals surface area contributed by atoms with Gasteiger partial charge in [0.05, 0.1) is 12.7 Å². The summed E-state index contributed by atoms with van der Waals surface area (Å²) >= 11 is 6.02. The Morgan fingerprint density at radius 2 is 1.89 bits per heavy atom. The standard InChI is InChI=1S/C22H21ClN2O3/c23-18-8-4-7-17(13-18)21-14-20(24-28-21)22(26)25-11-9-19(10-12-25)27-15-16-5-2-1-3-6-16/h1-8,13-14,19H,9-12,15H2. The highest BCUT2D eigenvalue weighted by Gasteiger charge is 2.26. The number of ether oxygens (including phenoxy) is 1. The average Bonchev–Trinajstić information content (AvgIpc) is 3.23. The largest absolute Gasteiger partial charge is 0.373 e. The molecular formula is C22H21ClN2O3. The van der Waals surface area contributed by atoms with Gasteiger partial charge in [-0.15, -0.1) is 0 Å². The third kappa shape index (κ3) is 4.43. The summed E-state index contributed by atoms with van der Waals surface area (Å²) in [7, 11) is 0. The molecular weight excluding hydrogens is 376 g/mol. The molecule has 0 aliphatic carbocycles. The van der Waals surface area contributed by atoms with Gasteiger partial charge in [0.1, 0.15) is 0 Å². The molecule has 1 aromatic heterocycles. The van der Waals surface area contributed by atoms with Crippen LogP contribution in [0.15, 0.2) is 65.2 Å². The van der Waals surface area contributed by atoms with E-state index in [1.54, 1.807) is 18.2 Å². The fourth-order valence-corrected chi connectivity index (χ4v) is 3.52. The Labute approximate surface area is 168 Å². The molecule has 2 heterocycles. The number of hydrogen-bond acceptors (Lipinski definition) is 4. The number of nitrogens with zero attached hydrogens (tertiary/aromatic N) is 2. The Morgan fingerprint density at radius 3 is 2.64 bits per heavy atom. The Morgan fingerprint density at radius 1 is 1.11 bits per heavy atom. The van der Waals surface area contributed by atoms with Gasteiger partial charge in [-0.1, -0.05) is 59.2 Å². The second kappa shape index (κ2) is 8.59. The van der Waals surface area contributed by atoms with Crippen LogP contribution in [0.3, 0.4) is 0 Å². The lowest BCUT2D eigenvalue weighted by molar-refractivity contribution is -0.000583. The molecule has 0 unspecified atom stereocenters. The summed E-state index contributed by atoms with van der Waals surface area (Å²) in [5.74, 6) is 0.422. The maximum Gasteiger partial charge on any atom is 0.276 e. The van der Waals surface area contributed by atoms with E-state index in [0.717, 1.165) is 24.0 Å². The minimum atomic E-state index is -0.112. The van der Waals surface area contributed by atoms with Gasteiger partial charge >= 0.3 is 0 Å². The molecule has 6 heteroatoms. The minimum absolute atomic E-state index is 0.112. The van der Waals surface area contributed by atoms with Crippen LogP contribution in [0, 0.1) is 0 Å². The zero-order chi connectivity index (χ0) is 19.3. The van der Waals surface area contributed by atoms with E-state index in [1.165, 1.54) is 0 Å². The predicted octanol–water partition coefficient (Wildman–Crippen LogP) is 4.82. The number of amides is 1. The quantitative estimate of drug-likeness (QED) is 0.620. The summed E-state index contributed by atoms with van der Waals surface area (Å²) in [6.07, 6.45) is 1.80. The molecule has 28 heavy (non-hydrogen) atoms. The lowest BCUT2D eigenvalue weighted by atomic mass is 10.1. The maximum atomic E-state index is 12.7. The number of hydrogen-bond donors (Lipinski definition) is 0. The molecule has 0 spiro atoms. The first-order valence-electron chi connectivity index (χ1n) is 9.36. The Hall–Kier alpha value is -2.63. The predicted molar refractivity (Wildman–Crippen MR) is 107 cm³/mol. The Kier molecular flexibility index (Phi) is 5.74. The molecule has 1 aliphatic rings. The molecule has 1 aliphatic heterocycles. The molecule has 2 aromatic carbocycles. The summed E-state index contributed by atoms with van der Waals surface area (Å²) in [5.41, 5.74) is 2.28.